The molecule has 0 saturated carbocycles. The number of aromatic amines is 1. The predicted molar refractivity (Wildman–Crippen MR) is 71.5 cm³/mol. The van der Waals surface area contributed by atoms with Crippen molar-refractivity contribution in [2.75, 3.05) is 19.7 Å². The van der Waals surface area contributed by atoms with Gasteiger partial charge in [-0.2, -0.15) is 0 Å². The highest BCUT2D eigenvalue weighted by Crippen LogP contribution is 2.25. The van der Waals surface area contributed by atoms with Gasteiger partial charge in [0, 0.05) is 36.4 Å². The number of nitrogens with zero attached hydrogens (tertiary/aromatic N) is 2. The minimum Gasteiger partial charge on any atom is -0.369 e. The molecule has 4 nitrogen and oxygen atoms in total. The van der Waals surface area contributed by atoms with E-state index in [9.17, 15) is 0 Å². The average Bonchev–Trinajstić information content (AvgIpc) is 2.82. The summed E-state index contributed by atoms with van der Waals surface area (Å²) in [7, 11) is 0. The molecule has 0 amide bonds. The number of H-pyrrole nitrogens is 1. The van der Waals surface area contributed by atoms with E-state index in [1.54, 1.807) is 0 Å². The highest BCUT2D eigenvalue weighted by molar-refractivity contribution is 5.76. The third kappa shape index (κ3) is 2.13. The van der Waals surface area contributed by atoms with Crippen molar-refractivity contribution in [3.05, 3.63) is 30.1 Å². The average molecular weight is 245 g/mol. The van der Waals surface area contributed by atoms with E-state index in [0.717, 1.165) is 36.4 Å². The Kier molecular flexibility index (Phi) is 3.06. The lowest BCUT2D eigenvalue weighted by atomic mass is 10.1. The van der Waals surface area contributed by atoms with Crippen LogP contribution in [-0.4, -0.2) is 40.6 Å². The highest BCUT2D eigenvalue weighted by atomic mass is 16.5. The number of aromatic nitrogens is 2. The molecule has 2 aromatic heterocycles. The van der Waals surface area contributed by atoms with Crippen molar-refractivity contribution in [2.24, 2.45) is 0 Å². The van der Waals surface area contributed by atoms with Crippen molar-refractivity contribution >= 4 is 11.0 Å². The molecule has 4 heteroatoms. The van der Waals surface area contributed by atoms with Crippen LogP contribution in [-0.2, 0) is 4.74 Å². The summed E-state index contributed by atoms with van der Waals surface area (Å²) in [6.07, 6.45) is 1.94. The van der Waals surface area contributed by atoms with E-state index in [-0.39, 0.29) is 6.10 Å². The number of hydrogen-bond acceptors (Lipinski definition) is 3. The Morgan fingerprint density at radius 1 is 1.50 bits per heavy atom. The van der Waals surface area contributed by atoms with Crippen LogP contribution in [0, 0.1) is 0 Å². The Hall–Kier alpha value is -1.39. The van der Waals surface area contributed by atoms with Crippen molar-refractivity contribution in [3.63, 3.8) is 0 Å². The summed E-state index contributed by atoms with van der Waals surface area (Å²) in [5.74, 6) is 0. The molecule has 2 aromatic rings. The first-order chi connectivity index (χ1) is 8.74. The Bertz CT molecular complexity index is 502. The Balaban J connectivity index is 1.85. The first-order valence-corrected chi connectivity index (χ1v) is 6.53. The molecule has 1 saturated heterocycles. The molecule has 3 rings (SSSR count). The highest BCUT2D eigenvalue weighted by Gasteiger charge is 2.24. The van der Waals surface area contributed by atoms with E-state index in [0.29, 0.717) is 6.04 Å². The molecule has 0 aliphatic carbocycles. The van der Waals surface area contributed by atoms with Crippen LogP contribution in [0.5, 0.6) is 0 Å². The normalized spacial score (nSPS) is 21.8. The van der Waals surface area contributed by atoms with Crippen LogP contribution in [0.15, 0.2) is 24.4 Å². The van der Waals surface area contributed by atoms with Gasteiger partial charge in [-0.1, -0.05) is 0 Å². The number of fused-ring (bicyclic) bond motifs is 1. The van der Waals surface area contributed by atoms with Gasteiger partial charge in [0.15, 0.2) is 0 Å². The van der Waals surface area contributed by atoms with Gasteiger partial charge >= 0.3 is 0 Å². The van der Waals surface area contributed by atoms with Crippen molar-refractivity contribution in [1.82, 2.24) is 14.9 Å². The Morgan fingerprint density at radius 3 is 3.17 bits per heavy atom. The molecule has 1 fully saturated rings. The Labute approximate surface area is 107 Å². The fourth-order valence-electron chi connectivity index (χ4n) is 2.48. The largest absolute Gasteiger partial charge is 0.369 e. The van der Waals surface area contributed by atoms with Gasteiger partial charge in [0.05, 0.1) is 6.61 Å². The van der Waals surface area contributed by atoms with Crippen molar-refractivity contribution < 1.29 is 4.74 Å². The standard InChI is InChI=1S/C14H19N3O/c1-10(2)17-6-7-18-13(9-17)12-8-11-4-3-5-15-14(11)16-12/h3-5,8,10,13H,6-7,9H2,1-2H3,(H,15,16)/t13-/m0/s1. The molecule has 0 bridgehead atoms. The van der Waals surface area contributed by atoms with Gasteiger partial charge in [-0.25, -0.2) is 4.98 Å². The fourth-order valence-corrected chi connectivity index (χ4v) is 2.48. The van der Waals surface area contributed by atoms with Gasteiger partial charge in [0.2, 0.25) is 0 Å². The minimum atomic E-state index is 0.135. The topological polar surface area (TPSA) is 41.1 Å². The van der Waals surface area contributed by atoms with Crippen LogP contribution < -0.4 is 0 Å². The third-order valence-corrected chi connectivity index (χ3v) is 3.59. The smallest absolute Gasteiger partial charge is 0.137 e. The van der Waals surface area contributed by atoms with Crippen molar-refractivity contribution in [3.8, 4) is 0 Å². The molecule has 0 radical (unpaired) electrons. The second kappa shape index (κ2) is 4.71. The fraction of sp³-hybridized carbons (Fsp3) is 0.500. The van der Waals surface area contributed by atoms with E-state index < -0.39 is 0 Å². The zero-order valence-electron chi connectivity index (χ0n) is 10.9. The molecule has 0 unspecified atom stereocenters. The molecule has 1 N–H and O–H groups in total. The second-order valence-electron chi connectivity index (χ2n) is 5.11. The zero-order chi connectivity index (χ0) is 12.5. The van der Waals surface area contributed by atoms with Gasteiger partial charge in [-0.15, -0.1) is 0 Å². The van der Waals surface area contributed by atoms with E-state index in [1.807, 2.05) is 12.3 Å². The summed E-state index contributed by atoms with van der Waals surface area (Å²) < 4.78 is 5.87. The number of morpholine rings is 1. The monoisotopic (exact) mass is 245 g/mol. The van der Waals surface area contributed by atoms with Crippen LogP contribution in [0.2, 0.25) is 0 Å². The summed E-state index contributed by atoms with van der Waals surface area (Å²) >= 11 is 0. The van der Waals surface area contributed by atoms with Gasteiger partial charge < -0.3 is 9.72 Å². The molecule has 3 heterocycles. The summed E-state index contributed by atoms with van der Waals surface area (Å²) in [4.78, 5) is 10.1. The molecule has 1 aliphatic rings. The van der Waals surface area contributed by atoms with E-state index in [4.69, 9.17) is 4.74 Å². The van der Waals surface area contributed by atoms with Crippen LogP contribution in [0.3, 0.4) is 0 Å². The van der Waals surface area contributed by atoms with Crippen LogP contribution in [0.1, 0.15) is 25.6 Å². The number of rotatable bonds is 2. The Morgan fingerprint density at radius 2 is 2.39 bits per heavy atom. The zero-order valence-corrected chi connectivity index (χ0v) is 10.9. The molecular formula is C14H19N3O. The van der Waals surface area contributed by atoms with Crippen molar-refractivity contribution in [2.45, 2.75) is 26.0 Å². The first kappa shape index (κ1) is 11.7. The molecular weight excluding hydrogens is 226 g/mol. The molecule has 1 aliphatic heterocycles. The third-order valence-electron chi connectivity index (χ3n) is 3.59. The van der Waals surface area contributed by atoms with E-state index in [2.05, 4.69) is 40.8 Å². The SMILES string of the molecule is CC(C)N1CCO[C@H](c2cc3cccnc3[nH]2)C1. The summed E-state index contributed by atoms with van der Waals surface area (Å²) in [6.45, 7) is 7.23. The number of nitrogens with one attached hydrogen (secondary N) is 1. The summed E-state index contributed by atoms with van der Waals surface area (Å²) in [6, 6.07) is 6.75. The van der Waals surface area contributed by atoms with Gasteiger partial charge in [-0.3, -0.25) is 4.90 Å². The van der Waals surface area contributed by atoms with Crippen LogP contribution in [0.25, 0.3) is 11.0 Å². The maximum absolute atomic E-state index is 5.87. The molecule has 18 heavy (non-hydrogen) atoms. The molecule has 0 spiro atoms. The lowest BCUT2D eigenvalue weighted by Crippen LogP contribution is -2.42. The van der Waals surface area contributed by atoms with E-state index in [1.165, 1.54) is 0 Å². The van der Waals surface area contributed by atoms with Crippen LogP contribution >= 0.6 is 0 Å². The summed E-state index contributed by atoms with van der Waals surface area (Å²) in [5, 5.41) is 1.15. The van der Waals surface area contributed by atoms with Crippen LogP contribution in [0.4, 0.5) is 0 Å². The maximum atomic E-state index is 5.87. The number of pyridine rings is 1. The van der Waals surface area contributed by atoms with Gasteiger partial charge in [0.1, 0.15) is 11.8 Å². The lowest BCUT2D eigenvalue weighted by molar-refractivity contribution is -0.0418. The predicted octanol–water partition coefficient (Wildman–Crippen LogP) is 2.34. The van der Waals surface area contributed by atoms with Gasteiger partial charge in [-0.05, 0) is 32.0 Å². The quantitative estimate of drug-likeness (QED) is 0.883. The van der Waals surface area contributed by atoms with E-state index >= 15 is 0 Å². The minimum absolute atomic E-state index is 0.135. The number of ether oxygens (including phenoxy) is 1. The maximum Gasteiger partial charge on any atom is 0.137 e. The molecule has 0 aromatic carbocycles. The summed E-state index contributed by atoms with van der Waals surface area (Å²) in [5.41, 5.74) is 2.08. The van der Waals surface area contributed by atoms with Gasteiger partial charge in [0.25, 0.3) is 0 Å². The second-order valence-corrected chi connectivity index (χ2v) is 5.11. The number of hydrogen-bond donors (Lipinski definition) is 1. The lowest BCUT2D eigenvalue weighted by Gasteiger charge is -2.35. The molecule has 96 valence electrons. The van der Waals surface area contributed by atoms with Crippen molar-refractivity contribution in [1.29, 1.82) is 0 Å². The molecule has 1 atom stereocenters. The first-order valence-electron chi connectivity index (χ1n) is 6.53.